The minimum atomic E-state index is -4.85. The van der Waals surface area contributed by atoms with Gasteiger partial charge in [0.1, 0.15) is 10.6 Å². The molecule has 2 aromatic rings. The molecular weight excluding hydrogens is 574 g/mol. The van der Waals surface area contributed by atoms with Gasteiger partial charge < -0.3 is 5.32 Å². The first kappa shape index (κ1) is 30.0. The second-order valence-corrected chi connectivity index (χ2v) is 13.1. The molecule has 1 fully saturated rings. The third kappa shape index (κ3) is 6.90. The number of sulfonamides is 1. The predicted molar refractivity (Wildman–Crippen MR) is 133 cm³/mol. The molecule has 208 valence electrons. The highest BCUT2D eigenvalue weighted by Gasteiger charge is 2.45. The summed E-state index contributed by atoms with van der Waals surface area (Å²) in [5, 5.41) is 3.22. The molecule has 0 saturated carbocycles. The molecule has 0 bridgehead atoms. The Balaban J connectivity index is 1.87. The fraction of sp³-hybridized carbons (Fsp3) is 0.391. The maximum absolute atomic E-state index is 15.4. The van der Waals surface area contributed by atoms with Gasteiger partial charge in [-0.1, -0.05) is 35.9 Å². The van der Waals surface area contributed by atoms with E-state index in [-0.39, 0.29) is 16.1 Å². The summed E-state index contributed by atoms with van der Waals surface area (Å²) in [4.78, 5) is 15.3. The van der Waals surface area contributed by atoms with Crippen molar-refractivity contribution in [3.05, 3.63) is 58.7 Å². The van der Waals surface area contributed by atoms with Crippen LogP contribution in [0.2, 0.25) is 5.02 Å². The largest absolute Gasteiger partial charge is 0.433 e. The van der Waals surface area contributed by atoms with Crippen LogP contribution in [0.1, 0.15) is 25.5 Å². The van der Waals surface area contributed by atoms with Gasteiger partial charge in [0.2, 0.25) is 10.0 Å². The summed E-state index contributed by atoms with van der Waals surface area (Å²) in [6.07, 6.45) is -3.20. The zero-order valence-electron chi connectivity index (χ0n) is 20.2. The molecule has 1 aliphatic heterocycles. The molecular formula is C23H24ClF4N3O5S2. The lowest BCUT2D eigenvalue weighted by Gasteiger charge is -2.35. The molecule has 38 heavy (non-hydrogen) atoms. The summed E-state index contributed by atoms with van der Waals surface area (Å²) in [6.45, 7) is 0.558. The number of hydrogen-bond donors (Lipinski definition) is 1. The van der Waals surface area contributed by atoms with E-state index in [1.807, 2.05) is 0 Å². The maximum atomic E-state index is 15.4. The molecule has 1 atom stereocenters. The Kier molecular flexibility index (Phi) is 8.61. The average molecular weight is 598 g/mol. The van der Waals surface area contributed by atoms with E-state index < -0.39 is 80.2 Å². The van der Waals surface area contributed by atoms with Gasteiger partial charge in [-0.15, -0.1) is 0 Å². The molecule has 3 rings (SSSR count). The molecule has 1 aromatic heterocycles. The van der Waals surface area contributed by atoms with E-state index in [0.717, 1.165) is 16.0 Å². The van der Waals surface area contributed by atoms with Crippen LogP contribution in [0.4, 0.5) is 17.6 Å². The normalized spacial score (nSPS) is 17.9. The Morgan fingerprint density at radius 1 is 1.16 bits per heavy atom. The van der Waals surface area contributed by atoms with E-state index in [1.54, 1.807) is 0 Å². The molecule has 0 spiro atoms. The van der Waals surface area contributed by atoms with Crippen LogP contribution in [-0.2, 0) is 30.8 Å². The summed E-state index contributed by atoms with van der Waals surface area (Å²) in [7, 11) is -7.93. The molecule has 15 heteroatoms. The van der Waals surface area contributed by atoms with Crippen molar-refractivity contribution in [1.29, 1.82) is 0 Å². The van der Waals surface area contributed by atoms with E-state index in [4.69, 9.17) is 11.6 Å². The lowest BCUT2D eigenvalue weighted by Crippen LogP contribution is -2.53. The number of sulfone groups is 1. The number of carbonyl (C=O) groups excluding carboxylic acids is 1. The summed E-state index contributed by atoms with van der Waals surface area (Å²) in [5.41, 5.74) is -4.04. The maximum Gasteiger partial charge on any atom is 0.433 e. The number of amides is 1. The third-order valence-electron chi connectivity index (χ3n) is 5.83. The average Bonchev–Trinajstić information content (AvgIpc) is 2.82. The van der Waals surface area contributed by atoms with Gasteiger partial charge in [0.25, 0.3) is 5.91 Å². The third-order valence-corrected chi connectivity index (χ3v) is 8.74. The van der Waals surface area contributed by atoms with E-state index in [2.05, 4.69) is 10.3 Å². The highest BCUT2D eigenvalue weighted by atomic mass is 35.5. The van der Waals surface area contributed by atoms with Gasteiger partial charge in [0.15, 0.2) is 15.5 Å². The molecule has 1 saturated heterocycles. The quantitative estimate of drug-likeness (QED) is 0.483. The second-order valence-electron chi connectivity index (χ2n) is 8.83. The summed E-state index contributed by atoms with van der Waals surface area (Å²) in [6, 6.07) is 5.54. The molecule has 0 aliphatic carbocycles. The number of pyridine rings is 1. The fourth-order valence-electron chi connectivity index (χ4n) is 3.79. The number of halogens is 5. The lowest BCUT2D eigenvalue weighted by atomic mass is 9.93. The molecule has 1 N–H and O–H groups in total. The van der Waals surface area contributed by atoms with Gasteiger partial charge in [-0.25, -0.2) is 21.2 Å². The SMILES string of the molecule is C[C@@H](/C=C\S(C)(=O)=O)NC(=O)C1(F)CCN(S(=O)(=O)c2cnc(C(F)(F)F)cc2-c2ccccc2Cl)CC1. The Morgan fingerprint density at radius 2 is 1.76 bits per heavy atom. The van der Waals surface area contributed by atoms with Crippen LogP contribution in [0.3, 0.4) is 0 Å². The van der Waals surface area contributed by atoms with E-state index in [0.29, 0.717) is 12.3 Å². The van der Waals surface area contributed by atoms with Crippen LogP contribution < -0.4 is 5.32 Å². The van der Waals surface area contributed by atoms with E-state index in [9.17, 15) is 34.8 Å². The number of nitrogens with one attached hydrogen (secondary N) is 1. The number of aromatic nitrogens is 1. The fourth-order valence-corrected chi connectivity index (χ4v) is 6.12. The van der Waals surface area contributed by atoms with Crippen LogP contribution in [-0.4, -0.2) is 63.1 Å². The van der Waals surface area contributed by atoms with E-state index in [1.165, 1.54) is 37.3 Å². The van der Waals surface area contributed by atoms with Crippen molar-refractivity contribution in [3.8, 4) is 11.1 Å². The van der Waals surface area contributed by atoms with Crippen LogP contribution in [0.5, 0.6) is 0 Å². The van der Waals surface area contributed by atoms with Gasteiger partial charge in [0, 0.05) is 66.0 Å². The van der Waals surface area contributed by atoms with Gasteiger partial charge in [-0.05, 0) is 19.1 Å². The van der Waals surface area contributed by atoms with Gasteiger partial charge in [0.05, 0.1) is 0 Å². The Hall–Kier alpha value is -2.55. The molecule has 1 aromatic carbocycles. The molecule has 2 heterocycles. The van der Waals surface area contributed by atoms with Crippen molar-refractivity contribution in [3.63, 3.8) is 0 Å². The summed E-state index contributed by atoms with van der Waals surface area (Å²) >= 11 is 6.15. The van der Waals surface area contributed by atoms with Crippen molar-refractivity contribution in [2.45, 2.75) is 42.5 Å². The first-order valence-corrected chi connectivity index (χ1v) is 14.9. The number of nitrogens with zero attached hydrogens (tertiary/aromatic N) is 2. The monoisotopic (exact) mass is 597 g/mol. The molecule has 0 radical (unpaired) electrons. The number of hydrogen-bond acceptors (Lipinski definition) is 6. The zero-order chi connectivity index (χ0) is 28.5. The molecule has 1 amide bonds. The summed E-state index contributed by atoms with van der Waals surface area (Å²) in [5.74, 6) is -1.03. The smallest absolute Gasteiger partial charge is 0.347 e. The number of benzene rings is 1. The predicted octanol–water partition coefficient (Wildman–Crippen LogP) is 3.98. The van der Waals surface area contributed by atoms with Crippen molar-refractivity contribution < 1.29 is 39.2 Å². The Bertz CT molecular complexity index is 1460. The van der Waals surface area contributed by atoms with Crippen LogP contribution in [0, 0.1) is 0 Å². The van der Waals surface area contributed by atoms with Gasteiger partial charge >= 0.3 is 6.18 Å². The van der Waals surface area contributed by atoms with Gasteiger partial charge in [-0.2, -0.15) is 17.5 Å². The minimum absolute atomic E-state index is 0.0143. The first-order chi connectivity index (χ1) is 17.4. The van der Waals surface area contributed by atoms with Crippen LogP contribution in [0.25, 0.3) is 11.1 Å². The Labute approximate surface area is 222 Å². The molecule has 0 unspecified atom stereocenters. The highest BCUT2D eigenvalue weighted by Crippen LogP contribution is 2.39. The number of rotatable bonds is 7. The first-order valence-electron chi connectivity index (χ1n) is 11.1. The highest BCUT2D eigenvalue weighted by molar-refractivity contribution is 7.93. The number of carbonyl (C=O) groups is 1. The topological polar surface area (TPSA) is 114 Å². The van der Waals surface area contributed by atoms with Crippen molar-refractivity contribution >= 4 is 37.4 Å². The molecule has 1 aliphatic rings. The van der Waals surface area contributed by atoms with E-state index >= 15 is 4.39 Å². The Morgan fingerprint density at radius 3 is 2.32 bits per heavy atom. The summed E-state index contributed by atoms with van der Waals surface area (Å²) < 4.78 is 106. The zero-order valence-corrected chi connectivity index (χ0v) is 22.6. The standard InChI is InChI=1S/C23H24ClF4N3O5S2/c1-15(7-12-37(2,33)34)30-21(32)22(25)8-10-31(11-9-22)38(35,36)19-14-29-20(23(26,27)28)13-17(19)16-5-3-4-6-18(16)24/h3-7,12-15H,8-11H2,1-2H3,(H,30,32)/b12-7-/t15-/m0/s1. The van der Waals surface area contributed by atoms with Crippen LogP contribution >= 0.6 is 11.6 Å². The van der Waals surface area contributed by atoms with Crippen molar-refractivity contribution in [2.75, 3.05) is 19.3 Å². The van der Waals surface area contributed by atoms with Crippen molar-refractivity contribution in [2.24, 2.45) is 0 Å². The van der Waals surface area contributed by atoms with Crippen LogP contribution in [0.15, 0.2) is 52.9 Å². The van der Waals surface area contributed by atoms with Gasteiger partial charge in [-0.3, -0.25) is 9.78 Å². The lowest BCUT2D eigenvalue weighted by molar-refractivity contribution is -0.141. The molecule has 8 nitrogen and oxygen atoms in total. The van der Waals surface area contributed by atoms with Crippen molar-refractivity contribution in [1.82, 2.24) is 14.6 Å². The number of piperidine rings is 1. The minimum Gasteiger partial charge on any atom is -0.347 e. The number of alkyl halides is 4. The second kappa shape index (κ2) is 10.9.